The number of aromatic nitrogens is 4. The standard InChI is InChI=1S/C19H22N6O2S/c1-23-11-14(9-21-23)19(27)20-10-15-8-18(26)25-6-3-5-24(13-17(25)22-15)12-16-4-2-7-28-16/h2,4,7-9,11H,3,5-6,10,12-13H2,1H3,(H,20,27). The van der Waals surface area contributed by atoms with Crippen molar-refractivity contribution in [2.24, 2.45) is 7.05 Å². The maximum absolute atomic E-state index is 12.6. The number of nitrogens with one attached hydrogen (secondary N) is 1. The van der Waals surface area contributed by atoms with Crippen molar-refractivity contribution >= 4 is 17.2 Å². The second kappa shape index (κ2) is 8.07. The summed E-state index contributed by atoms with van der Waals surface area (Å²) in [5.41, 5.74) is 0.996. The Morgan fingerprint density at radius 3 is 3.00 bits per heavy atom. The van der Waals surface area contributed by atoms with Crippen molar-refractivity contribution < 1.29 is 4.79 Å². The first-order chi connectivity index (χ1) is 13.6. The first kappa shape index (κ1) is 18.6. The van der Waals surface area contributed by atoms with Crippen LogP contribution in [0.5, 0.6) is 0 Å². The number of thiophene rings is 1. The molecule has 4 heterocycles. The summed E-state index contributed by atoms with van der Waals surface area (Å²) in [5.74, 6) is 0.524. The zero-order chi connectivity index (χ0) is 19.5. The minimum absolute atomic E-state index is 0.0615. The predicted octanol–water partition coefficient (Wildman–Crippen LogP) is 1.37. The van der Waals surface area contributed by atoms with E-state index >= 15 is 0 Å². The van der Waals surface area contributed by atoms with Gasteiger partial charge in [0.25, 0.3) is 11.5 Å². The lowest BCUT2D eigenvalue weighted by Crippen LogP contribution is -2.29. The number of hydrogen-bond donors (Lipinski definition) is 1. The molecule has 0 saturated heterocycles. The van der Waals surface area contributed by atoms with Gasteiger partial charge >= 0.3 is 0 Å². The number of carbonyl (C=O) groups is 1. The van der Waals surface area contributed by atoms with Crippen LogP contribution in [0.4, 0.5) is 0 Å². The number of amides is 1. The van der Waals surface area contributed by atoms with Crippen LogP contribution in [0.1, 0.15) is 33.2 Å². The quantitative estimate of drug-likeness (QED) is 0.702. The molecule has 146 valence electrons. The van der Waals surface area contributed by atoms with E-state index < -0.39 is 0 Å². The smallest absolute Gasteiger partial charge is 0.254 e. The van der Waals surface area contributed by atoms with Crippen molar-refractivity contribution in [2.75, 3.05) is 6.54 Å². The average Bonchev–Trinajstić information content (AvgIpc) is 3.28. The van der Waals surface area contributed by atoms with E-state index in [0.717, 1.165) is 25.3 Å². The maximum atomic E-state index is 12.6. The lowest BCUT2D eigenvalue weighted by Gasteiger charge is -2.19. The zero-order valence-corrected chi connectivity index (χ0v) is 16.5. The summed E-state index contributed by atoms with van der Waals surface area (Å²) in [6, 6.07) is 5.69. The first-order valence-corrected chi connectivity index (χ1v) is 10.1. The molecule has 0 radical (unpaired) electrons. The lowest BCUT2D eigenvalue weighted by atomic mass is 10.3. The summed E-state index contributed by atoms with van der Waals surface area (Å²) in [7, 11) is 1.76. The summed E-state index contributed by atoms with van der Waals surface area (Å²) in [5, 5.41) is 8.88. The number of rotatable bonds is 5. The monoisotopic (exact) mass is 398 g/mol. The largest absolute Gasteiger partial charge is 0.346 e. The Morgan fingerprint density at radius 2 is 2.25 bits per heavy atom. The fourth-order valence-electron chi connectivity index (χ4n) is 3.36. The van der Waals surface area contributed by atoms with Crippen molar-refractivity contribution in [1.82, 2.24) is 29.5 Å². The van der Waals surface area contributed by atoms with Crippen LogP contribution in [-0.4, -0.2) is 36.7 Å². The number of hydrogen-bond acceptors (Lipinski definition) is 6. The molecule has 0 aliphatic carbocycles. The third-order valence-corrected chi connectivity index (χ3v) is 5.58. The number of carbonyl (C=O) groups excluding carboxylic acids is 1. The van der Waals surface area contributed by atoms with Crippen LogP contribution in [0.2, 0.25) is 0 Å². The molecule has 3 aromatic rings. The highest BCUT2D eigenvalue weighted by Crippen LogP contribution is 2.16. The van der Waals surface area contributed by atoms with E-state index in [1.165, 1.54) is 17.1 Å². The van der Waals surface area contributed by atoms with Gasteiger partial charge in [-0.3, -0.25) is 23.7 Å². The van der Waals surface area contributed by atoms with E-state index in [2.05, 4.69) is 37.8 Å². The molecule has 8 nitrogen and oxygen atoms in total. The fourth-order valence-corrected chi connectivity index (χ4v) is 4.10. The highest BCUT2D eigenvalue weighted by Gasteiger charge is 2.18. The van der Waals surface area contributed by atoms with E-state index in [1.807, 2.05) is 0 Å². The molecule has 1 N–H and O–H groups in total. The highest BCUT2D eigenvalue weighted by atomic mass is 32.1. The second-order valence-corrected chi connectivity index (χ2v) is 7.91. The Hall–Kier alpha value is -2.78. The molecule has 3 aromatic heterocycles. The molecular formula is C19H22N6O2S. The Morgan fingerprint density at radius 1 is 1.36 bits per heavy atom. The Labute approximate surface area is 166 Å². The van der Waals surface area contributed by atoms with Gasteiger partial charge in [0.05, 0.1) is 30.5 Å². The summed E-state index contributed by atoms with van der Waals surface area (Å²) >= 11 is 1.74. The van der Waals surface area contributed by atoms with Crippen LogP contribution < -0.4 is 10.9 Å². The van der Waals surface area contributed by atoms with Crippen LogP contribution in [0, 0.1) is 0 Å². The van der Waals surface area contributed by atoms with Gasteiger partial charge in [-0.05, 0) is 17.9 Å². The molecule has 0 bridgehead atoms. The summed E-state index contributed by atoms with van der Waals surface area (Å²) < 4.78 is 3.32. The van der Waals surface area contributed by atoms with E-state index in [4.69, 9.17) is 0 Å². The van der Waals surface area contributed by atoms with Gasteiger partial charge in [0.2, 0.25) is 0 Å². The van der Waals surface area contributed by atoms with Crippen molar-refractivity contribution in [1.29, 1.82) is 0 Å². The third kappa shape index (κ3) is 4.20. The predicted molar refractivity (Wildman–Crippen MR) is 106 cm³/mol. The first-order valence-electron chi connectivity index (χ1n) is 9.20. The Balaban J connectivity index is 1.48. The van der Waals surface area contributed by atoms with E-state index in [0.29, 0.717) is 24.3 Å². The number of fused-ring (bicyclic) bond motifs is 1. The summed E-state index contributed by atoms with van der Waals surface area (Å²) in [6.45, 7) is 3.28. The van der Waals surface area contributed by atoms with Gasteiger partial charge in [0.15, 0.2) is 0 Å². The molecule has 4 rings (SSSR count). The van der Waals surface area contributed by atoms with Crippen LogP contribution >= 0.6 is 11.3 Å². The molecule has 1 amide bonds. The normalized spacial score (nSPS) is 14.5. The molecule has 28 heavy (non-hydrogen) atoms. The average molecular weight is 398 g/mol. The van der Waals surface area contributed by atoms with Gasteiger partial charge in [-0.1, -0.05) is 6.07 Å². The Kier molecular flexibility index (Phi) is 5.36. The maximum Gasteiger partial charge on any atom is 0.254 e. The van der Waals surface area contributed by atoms with Gasteiger partial charge in [0, 0.05) is 43.8 Å². The van der Waals surface area contributed by atoms with Crippen LogP contribution in [0.3, 0.4) is 0 Å². The SMILES string of the molecule is Cn1cc(C(=O)NCc2cc(=O)n3c(n2)CN(Cc2cccs2)CCC3)cn1. The minimum atomic E-state index is -0.232. The number of nitrogens with zero attached hydrogens (tertiary/aromatic N) is 5. The van der Waals surface area contributed by atoms with Gasteiger partial charge in [-0.25, -0.2) is 4.98 Å². The van der Waals surface area contributed by atoms with E-state index in [9.17, 15) is 9.59 Å². The molecule has 0 aromatic carbocycles. The molecule has 1 aliphatic rings. The van der Waals surface area contributed by atoms with Gasteiger partial charge in [-0.2, -0.15) is 5.10 Å². The minimum Gasteiger partial charge on any atom is -0.346 e. The summed E-state index contributed by atoms with van der Waals surface area (Å²) in [4.78, 5) is 33.1. The van der Waals surface area contributed by atoms with Crippen LogP contribution in [0.25, 0.3) is 0 Å². The van der Waals surface area contributed by atoms with E-state index in [-0.39, 0.29) is 18.0 Å². The van der Waals surface area contributed by atoms with Crippen molar-refractivity contribution in [3.05, 3.63) is 68.3 Å². The molecule has 9 heteroatoms. The highest BCUT2D eigenvalue weighted by molar-refractivity contribution is 7.09. The molecule has 0 fully saturated rings. The molecule has 0 atom stereocenters. The topological polar surface area (TPSA) is 85.0 Å². The molecule has 0 saturated carbocycles. The fraction of sp³-hybridized carbons (Fsp3) is 0.368. The third-order valence-electron chi connectivity index (χ3n) is 4.72. The number of aryl methyl sites for hydroxylation is 1. The van der Waals surface area contributed by atoms with Crippen LogP contribution in [-0.2, 0) is 33.2 Å². The molecular weight excluding hydrogens is 376 g/mol. The van der Waals surface area contributed by atoms with Gasteiger partial charge in [-0.15, -0.1) is 11.3 Å². The second-order valence-electron chi connectivity index (χ2n) is 6.88. The summed E-state index contributed by atoms with van der Waals surface area (Å²) in [6.07, 6.45) is 4.07. The zero-order valence-electron chi connectivity index (χ0n) is 15.7. The lowest BCUT2D eigenvalue weighted by molar-refractivity contribution is 0.0950. The Bertz CT molecular complexity index is 1020. The van der Waals surface area contributed by atoms with E-state index in [1.54, 1.807) is 33.8 Å². The van der Waals surface area contributed by atoms with Crippen molar-refractivity contribution in [2.45, 2.75) is 32.6 Å². The molecule has 0 spiro atoms. The van der Waals surface area contributed by atoms with Crippen LogP contribution in [0.15, 0.2) is 40.8 Å². The van der Waals surface area contributed by atoms with Gasteiger partial charge < -0.3 is 5.32 Å². The van der Waals surface area contributed by atoms with Crippen molar-refractivity contribution in [3.8, 4) is 0 Å². The molecule has 1 aliphatic heterocycles. The molecule has 0 unspecified atom stereocenters. The van der Waals surface area contributed by atoms with Crippen molar-refractivity contribution in [3.63, 3.8) is 0 Å². The van der Waals surface area contributed by atoms with Gasteiger partial charge in [0.1, 0.15) is 5.82 Å².